The van der Waals surface area contributed by atoms with E-state index in [9.17, 15) is 4.79 Å². The average Bonchev–Trinajstić information content (AvgIpc) is 3.11. The van der Waals surface area contributed by atoms with Gasteiger partial charge in [-0.3, -0.25) is 4.79 Å². The number of carbonyl (C=O) groups excluding carboxylic acids is 1. The second-order valence-electron chi connectivity index (χ2n) is 5.43. The van der Waals surface area contributed by atoms with Gasteiger partial charge in [-0.25, -0.2) is 0 Å². The number of para-hydroxylation sites is 1. The van der Waals surface area contributed by atoms with Crippen molar-refractivity contribution in [1.82, 2.24) is 10.1 Å². The van der Waals surface area contributed by atoms with Gasteiger partial charge in [0.05, 0.1) is 25.4 Å². The second kappa shape index (κ2) is 6.83. The van der Waals surface area contributed by atoms with Crippen LogP contribution in [0.3, 0.4) is 0 Å². The normalized spacial score (nSPS) is 18.0. The zero-order valence-corrected chi connectivity index (χ0v) is 13.3. The molecule has 2 heterocycles. The number of hydrogen-bond acceptors (Lipinski definition) is 5. The van der Waals surface area contributed by atoms with Crippen LogP contribution >= 0.6 is 0 Å². The molecule has 1 aromatic carbocycles. The van der Waals surface area contributed by atoms with Gasteiger partial charge < -0.3 is 18.9 Å². The Bertz CT molecular complexity index is 683. The fraction of sp³-hybridized carbons (Fsp3) is 0.412. The summed E-state index contributed by atoms with van der Waals surface area (Å²) in [5.41, 5.74) is 1.08. The first-order valence-corrected chi connectivity index (χ1v) is 7.74. The topological polar surface area (TPSA) is 64.8 Å². The van der Waals surface area contributed by atoms with Gasteiger partial charge in [-0.1, -0.05) is 24.2 Å². The standard InChI is InChI=1S/C17H20N2O4/c1-3-12-11-19(8-9-22-12)17(20)14-10-16(23-18-14)13-6-4-5-7-15(13)21-2/h4-7,10,12H,3,8-9,11H2,1-2H3. The Morgan fingerprint density at radius 1 is 1.43 bits per heavy atom. The van der Waals surface area contributed by atoms with Gasteiger partial charge in [0.15, 0.2) is 11.5 Å². The monoisotopic (exact) mass is 316 g/mol. The molecule has 0 bridgehead atoms. The van der Waals surface area contributed by atoms with Gasteiger partial charge in [0, 0.05) is 19.2 Å². The second-order valence-corrected chi connectivity index (χ2v) is 5.43. The quantitative estimate of drug-likeness (QED) is 0.867. The van der Waals surface area contributed by atoms with Crippen molar-refractivity contribution in [3.8, 4) is 17.1 Å². The number of carbonyl (C=O) groups is 1. The number of rotatable bonds is 4. The highest BCUT2D eigenvalue weighted by molar-refractivity contribution is 5.93. The third-order valence-electron chi connectivity index (χ3n) is 3.98. The number of morpholine rings is 1. The molecule has 6 nitrogen and oxygen atoms in total. The van der Waals surface area contributed by atoms with E-state index in [0.29, 0.717) is 36.9 Å². The maximum Gasteiger partial charge on any atom is 0.276 e. The van der Waals surface area contributed by atoms with Crippen molar-refractivity contribution in [3.05, 3.63) is 36.0 Å². The summed E-state index contributed by atoms with van der Waals surface area (Å²) in [6.07, 6.45) is 0.975. The molecule has 0 spiro atoms. The van der Waals surface area contributed by atoms with Crippen LogP contribution in [0.1, 0.15) is 23.8 Å². The van der Waals surface area contributed by atoms with Crippen LogP contribution in [0.15, 0.2) is 34.9 Å². The van der Waals surface area contributed by atoms with E-state index >= 15 is 0 Å². The lowest BCUT2D eigenvalue weighted by atomic mass is 10.1. The minimum Gasteiger partial charge on any atom is -0.496 e. The van der Waals surface area contributed by atoms with Crippen LogP contribution in [0.2, 0.25) is 0 Å². The van der Waals surface area contributed by atoms with E-state index in [1.54, 1.807) is 18.1 Å². The summed E-state index contributed by atoms with van der Waals surface area (Å²) in [5.74, 6) is 1.07. The van der Waals surface area contributed by atoms with Gasteiger partial charge in [0.1, 0.15) is 5.75 Å². The summed E-state index contributed by atoms with van der Waals surface area (Å²) in [4.78, 5) is 14.3. The number of amides is 1. The summed E-state index contributed by atoms with van der Waals surface area (Å²) in [6, 6.07) is 9.14. The SMILES string of the molecule is CCC1CN(C(=O)c2cc(-c3ccccc3OC)on2)CCO1. The highest BCUT2D eigenvalue weighted by Gasteiger charge is 2.26. The summed E-state index contributed by atoms with van der Waals surface area (Å²) < 4.78 is 16.3. The van der Waals surface area contributed by atoms with Crippen molar-refractivity contribution >= 4 is 5.91 Å². The molecule has 6 heteroatoms. The predicted molar refractivity (Wildman–Crippen MR) is 84.4 cm³/mol. The molecule has 0 radical (unpaired) electrons. The summed E-state index contributed by atoms with van der Waals surface area (Å²) in [5, 5.41) is 3.93. The summed E-state index contributed by atoms with van der Waals surface area (Å²) in [6.45, 7) is 3.77. The molecule has 3 rings (SSSR count). The van der Waals surface area contributed by atoms with Gasteiger partial charge in [0.25, 0.3) is 5.91 Å². The number of nitrogens with zero attached hydrogens (tertiary/aromatic N) is 2. The Labute approximate surface area is 135 Å². The van der Waals surface area contributed by atoms with Gasteiger partial charge in [-0.05, 0) is 18.6 Å². The minimum atomic E-state index is -0.128. The maximum absolute atomic E-state index is 12.6. The number of ether oxygens (including phenoxy) is 2. The van der Waals surface area contributed by atoms with Crippen molar-refractivity contribution in [1.29, 1.82) is 0 Å². The van der Waals surface area contributed by atoms with Crippen molar-refractivity contribution in [3.63, 3.8) is 0 Å². The molecule has 0 N–H and O–H groups in total. The summed E-state index contributed by atoms with van der Waals surface area (Å²) >= 11 is 0. The largest absolute Gasteiger partial charge is 0.496 e. The molecular formula is C17H20N2O4. The molecule has 1 unspecified atom stereocenters. The van der Waals surface area contributed by atoms with Crippen LogP contribution in [0.5, 0.6) is 5.75 Å². The molecule has 1 amide bonds. The van der Waals surface area contributed by atoms with Crippen LogP contribution < -0.4 is 4.74 Å². The van der Waals surface area contributed by atoms with Gasteiger partial charge in [0.2, 0.25) is 0 Å². The first kappa shape index (κ1) is 15.6. The zero-order valence-electron chi connectivity index (χ0n) is 13.3. The van der Waals surface area contributed by atoms with E-state index in [1.165, 1.54) is 0 Å². The zero-order chi connectivity index (χ0) is 16.2. The molecule has 122 valence electrons. The van der Waals surface area contributed by atoms with Crippen molar-refractivity contribution in [2.45, 2.75) is 19.4 Å². The van der Waals surface area contributed by atoms with Crippen LogP contribution in [0.4, 0.5) is 0 Å². The van der Waals surface area contributed by atoms with Crippen LogP contribution in [0.25, 0.3) is 11.3 Å². The van der Waals surface area contributed by atoms with Crippen molar-refractivity contribution in [2.24, 2.45) is 0 Å². The molecular weight excluding hydrogens is 296 g/mol. The lowest BCUT2D eigenvalue weighted by molar-refractivity contribution is -0.0229. The first-order chi connectivity index (χ1) is 11.2. The van der Waals surface area contributed by atoms with E-state index in [2.05, 4.69) is 12.1 Å². The van der Waals surface area contributed by atoms with E-state index in [1.807, 2.05) is 24.3 Å². The van der Waals surface area contributed by atoms with Crippen molar-refractivity contribution < 1.29 is 18.8 Å². The molecule has 1 fully saturated rings. The Kier molecular flexibility index (Phi) is 4.62. The fourth-order valence-electron chi connectivity index (χ4n) is 2.66. The number of hydrogen-bond donors (Lipinski definition) is 0. The molecule has 2 aromatic rings. The molecule has 23 heavy (non-hydrogen) atoms. The lowest BCUT2D eigenvalue weighted by Gasteiger charge is -2.31. The summed E-state index contributed by atoms with van der Waals surface area (Å²) in [7, 11) is 1.60. The molecule has 1 saturated heterocycles. The fourth-order valence-corrected chi connectivity index (χ4v) is 2.66. The third-order valence-corrected chi connectivity index (χ3v) is 3.98. The van der Waals surface area contributed by atoms with E-state index in [0.717, 1.165) is 12.0 Å². The van der Waals surface area contributed by atoms with Gasteiger partial charge in [-0.15, -0.1) is 0 Å². The first-order valence-electron chi connectivity index (χ1n) is 7.74. The lowest BCUT2D eigenvalue weighted by Crippen LogP contribution is -2.45. The van der Waals surface area contributed by atoms with Crippen LogP contribution in [-0.4, -0.2) is 48.9 Å². The third kappa shape index (κ3) is 3.22. The molecule has 1 aliphatic rings. The van der Waals surface area contributed by atoms with Gasteiger partial charge >= 0.3 is 0 Å². The van der Waals surface area contributed by atoms with Crippen molar-refractivity contribution in [2.75, 3.05) is 26.8 Å². The Balaban J connectivity index is 1.80. The van der Waals surface area contributed by atoms with E-state index in [-0.39, 0.29) is 12.0 Å². The minimum absolute atomic E-state index is 0.0910. The van der Waals surface area contributed by atoms with E-state index in [4.69, 9.17) is 14.0 Å². The smallest absolute Gasteiger partial charge is 0.276 e. The maximum atomic E-state index is 12.6. The van der Waals surface area contributed by atoms with Crippen LogP contribution in [-0.2, 0) is 4.74 Å². The Hall–Kier alpha value is -2.34. The van der Waals surface area contributed by atoms with Gasteiger partial charge in [-0.2, -0.15) is 0 Å². The number of methoxy groups -OCH3 is 1. The number of benzene rings is 1. The highest BCUT2D eigenvalue weighted by atomic mass is 16.5. The highest BCUT2D eigenvalue weighted by Crippen LogP contribution is 2.30. The molecule has 0 aliphatic carbocycles. The predicted octanol–water partition coefficient (Wildman–Crippen LogP) is 2.60. The molecule has 0 saturated carbocycles. The number of aromatic nitrogens is 1. The molecule has 1 atom stereocenters. The average molecular weight is 316 g/mol. The Morgan fingerprint density at radius 3 is 3.04 bits per heavy atom. The molecule has 1 aromatic heterocycles. The van der Waals surface area contributed by atoms with Crippen LogP contribution in [0, 0.1) is 0 Å². The van der Waals surface area contributed by atoms with E-state index < -0.39 is 0 Å². The Morgan fingerprint density at radius 2 is 2.26 bits per heavy atom. The molecule has 1 aliphatic heterocycles.